The van der Waals surface area contributed by atoms with Crippen LogP contribution in [-0.4, -0.2) is 9.55 Å². The van der Waals surface area contributed by atoms with Crippen molar-refractivity contribution in [3.05, 3.63) is 47.2 Å². The maximum absolute atomic E-state index is 14.2. The fraction of sp³-hybridized carbons (Fsp3) is 0.188. The van der Waals surface area contributed by atoms with Gasteiger partial charge in [0, 0.05) is 16.8 Å². The maximum Gasteiger partial charge on any atom is 0.144 e. The first-order valence-electron chi connectivity index (χ1n) is 6.86. The molecule has 21 heavy (non-hydrogen) atoms. The fourth-order valence-electron chi connectivity index (χ4n) is 2.68. The Kier molecular flexibility index (Phi) is 2.69. The number of hydrogen-bond donors (Lipinski definition) is 1. The first-order chi connectivity index (χ1) is 10.1. The summed E-state index contributed by atoms with van der Waals surface area (Å²) >= 11 is 6.03. The van der Waals surface area contributed by atoms with Gasteiger partial charge in [-0.3, -0.25) is 0 Å². The van der Waals surface area contributed by atoms with E-state index in [0.717, 1.165) is 23.9 Å². The quantitative estimate of drug-likeness (QED) is 0.712. The Morgan fingerprint density at radius 3 is 2.76 bits per heavy atom. The molecule has 106 valence electrons. The SMILES string of the molecule is Nc1ccc(F)c(-c2nc3cc(Cl)ccc3n2C2CC2)c1. The average Bonchev–Trinajstić information content (AvgIpc) is 3.22. The summed E-state index contributed by atoms with van der Waals surface area (Å²) in [4.78, 5) is 4.59. The molecule has 3 nitrogen and oxygen atoms in total. The maximum atomic E-state index is 14.2. The molecule has 2 N–H and O–H groups in total. The van der Waals surface area contributed by atoms with Gasteiger partial charge in [0.2, 0.25) is 0 Å². The molecule has 0 unspecified atom stereocenters. The van der Waals surface area contributed by atoms with Gasteiger partial charge in [-0.05, 0) is 49.2 Å². The van der Waals surface area contributed by atoms with Gasteiger partial charge in [-0.25, -0.2) is 9.37 Å². The number of aromatic nitrogens is 2. The average molecular weight is 302 g/mol. The third-order valence-corrected chi connectivity index (χ3v) is 4.03. The van der Waals surface area contributed by atoms with Crippen molar-refractivity contribution < 1.29 is 4.39 Å². The second-order valence-electron chi connectivity index (χ2n) is 5.41. The van der Waals surface area contributed by atoms with Crippen molar-refractivity contribution >= 4 is 28.3 Å². The van der Waals surface area contributed by atoms with Crippen molar-refractivity contribution in [2.45, 2.75) is 18.9 Å². The van der Waals surface area contributed by atoms with Crippen LogP contribution in [0.25, 0.3) is 22.4 Å². The van der Waals surface area contributed by atoms with Gasteiger partial charge in [0.15, 0.2) is 0 Å². The predicted octanol–water partition coefficient (Wildman–Crippen LogP) is 4.41. The summed E-state index contributed by atoms with van der Waals surface area (Å²) in [7, 11) is 0. The zero-order chi connectivity index (χ0) is 14.6. The molecule has 1 aliphatic carbocycles. The van der Waals surface area contributed by atoms with E-state index in [9.17, 15) is 4.39 Å². The smallest absolute Gasteiger partial charge is 0.144 e. The summed E-state index contributed by atoms with van der Waals surface area (Å²) in [5.41, 5.74) is 8.53. The molecule has 0 amide bonds. The number of fused-ring (bicyclic) bond motifs is 1. The van der Waals surface area contributed by atoms with Gasteiger partial charge in [0.1, 0.15) is 11.6 Å². The van der Waals surface area contributed by atoms with Crippen LogP contribution in [0.2, 0.25) is 5.02 Å². The summed E-state index contributed by atoms with van der Waals surface area (Å²) in [6, 6.07) is 10.5. The number of nitrogen functional groups attached to an aromatic ring is 1. The second-order valence-corrected chi connectivity index (χ2v) is 5.85. The van der Waals surface area contributed by atoms with E-state index >= 15 is 0 Å². The molecule has 0 spiro atoms. The normalized spacial score (nSPS) is 14.8. The topological polar surface area (TPSA) is 43.8 Å². The number of benzene rings is 2. The molecule has 3 aromatic rings. The van der Waals surface area contributed by atoms with Crippen molar-refractivity contribution in [3.63, 3.8) is 0 Å². The highest BCUT2D eigenvalue weighted by molar-refractivity contribution is 6.31. The molecule has 1 heterocycles. The third-order valence-electron chi connectivity index (χ3n) is 3.79. The van der Waals surface area contributed by atoms with E-state index in [4.69, 9.17) is 17.3 Å². The molecule has 1 fully saturated rings. The van der Waals surface area contributed by atoms with Crippen molar-refractivity contribution in [2.24, 2.45) is 0 Å². The fourth-order valence-corrected chi connectivity index (χ4v) is 2.84. The van der Waals surface area contributed by atoms with E-state index in [1.807, 2.05) is 18.2 Å². The number of halogens is 2. The van der Waals surface area contributed by atoms with Crippen molar-refractivity contribution in [2.75, 3.05) is 5.73 Å². The lowest BCUT2D eigenvalue weighted by atomic mass is 10.1. The Balaban J connectivity index is 2.03. The van der Waals surface area contributed by atoms with Crippen LogP contribution in [0.1, 0.15) is 18.9 Å². The second kappa shape index (κ2) is 4.46. The predicted molar refractivity (Wildman–Crippen MR) is 82.8 cm³/mol. The minimum atomic E-state index is -0.312. The summed E-state index contributed by atoms with van der Waals surface area (Å²) in [6.07, 6.45) is 2.18. The molecule has 2 aromatic carbocycles. The van der Waals surface area contributed by atoms with Crippen LogP contribution in [0.15, 0.2) is 36.4 Å². The minimum Gasteiger partial charge on any atom is -0.399 e. The number of rotatable bonds is 2. The highest BCUT2D eigenvalue weighted by Crippen LogP contribution is 2.42. The minimum absolute atomic E-state index is 0.312. The van der Waals surface area contributed by atoms with Crippen LogP contribution >= 0.6 is 11.6 Å². The molecule has 0 aliphatic heterocycles. The summed E-state index contributed by atoms with van der Waals surface area (Å²) in [6.45, 7) is 0. The van der Waals surface area contributed by atoms with Gasteiger partial charge in [0.05, 0.1) is 16.6 Å². The molecule has 0 saturated heterocycles. The Morgan fingerprint density at radius 2 is 2.00 bits per heavy atom. The first kappa shape index (κ1) is 12.7. The number of nitrogens with zero attached hydrogens (tertiary/aromatic N) is 2. The number of anilines is 1. The van der Waals surface area contributed by atoms with E-state index in [-0.39, 0.29) is 5.82 Å². The van der Waals surface area contributed by atoms with Crippen molar-refractivity contribution in [1.82, 2.24) is 9.55 Å². The van der Waals surface area contributed by atoms with E-state index in [1.165, 1.54) is 6.07 Å². The van der Waals surface area contributed by atoms with Gasteiger partial charge < -0.3 is 10.3 Å². The highest BCUT2D eigenvalue weighted by Gasteiger charge is 2.29. The zero-order valence-corrected chi connectivity index (χ0v) is 11.9. The van der Waals surface area contributed by atoms with Crippen molar-refractivity contribution in [1.29, 1.82) is 0 Å². The number of nitrogens with two attached hydrogens (primary N) is 1. The summed E-state index contributed by atoms with van der Waals surface area (Å²) in [5, 5.41) is 0.627. The highest BCUT2D eigenvalue weighted by atomic mass is 35.5. The lowest BCUT2D eigenvalue weighted by Crippen LogP contribution is -2.00. The van der Waals surface area contributed by atoms with Crippen LogP contribution in [0, 0.1) is 5.82 Å². The molecule has 1 aromatic heterocycles. The molecular weight excluding hydrogens is 289 g/mol. The molecular formula is C16H13ClFN3. The first-order valence-corrected chi connectivity index (χ1v) is 7.24. The van der Waals surface area contributed by atoms with Crippen LogP contribution < -0.4 is 5.73 Å². The van der Waals surface area contributed by atoms with Gasteiger partial charge in [0.25, 0.3) is 0 Å². The van der Waals surface area contributed by atoms with Crippen LogP contribution in [-0.2, 0) is 0 Å². The molecule has 4 rings (SSSR count). The number of hydrogen-bond acceptors (Lipinski definition) is 2. The summed E-state index contributed by atoms with van der Waals surface area (Å²) in [5.74, 6) is 0.312. The van der Waals surface area contributed by atoms with Gasteiger partial charge in [-0.15, -0.1) is 0 Å². The molecule has 5 heteroatoms. The Labute approximate surface area is 126 Å². The number of imidazole rings is 1. The molecule has 0 radical (unpaired) electrons. The van der Waals surface area contributed by atoms with Crippen LogP contribution in [0.5, 0.6) is 0 Å². The monoisotopic (exact) mass is 301 g/mol. The largest absolute Gasteiger partial charge is 0.399 e. The zero-order valence-electron chi connectivity index (χ0n) is 11.2. The van der Waals surface area contributed by atoms with Crippen LogP contribution in [0.3, 0.4) is 0 Å². The Bertz CT molecular complexity index is 852. The lowest BCUT2D eigenvalue weighted by molar-refractivity contribution is 0.627. The van der Waals surface area contributed by atoms with Gasteiger partial charge in [-0.2, -0.15) is 0 Å². The summed E-state index contributed by atoms with van der Waals surface area (Å²) < 4.78 is 16.3. The van der Waals surface area contributed by atoms with E-state index in [2.05, 4.69) is 9.55 Å². The molecule has 0 atom stereocenters. The van der Waals surface area contributed by atoms with Gasteiger partial charge in [-0.1, -0.05) is 11.6 Å². The van der Waals surface area contributed by atoms with Crippen LogP contribution in [0.4, 0.5) is 10.1 Å². The van der Waals surface area contributed by atoms with Crippen molar-refractivity contribution in [3.8, 4) is 11.4 Å². The Morgan fingerprint density at radius 1 is 1.19 bits per heavy atom. The standard InChI is InChI=1S/C16H13ClFN3/c17-9-1-6-15-14(7-9)20-16(21(15)11-3-4-11)12-8-10(19)2-5-13(12)18/h1-2,5-8,11H,3-4,19H2. The molecule has 0 bridgehead atoms. The Hall–Kier alpha value is -2.07. The van der Waals surface area contributed by atoms with E-state index < -0.39 is 0 Å². The van der Waals surface area contributed by atoms with Gasteiger partial charge >= 0.3 is 0 Å². The van der Waals surface area contributed by atoms with E-state index in [1.54, 1.807) is 12.1 Å². The lowest BCUT2D eigenvalue weighted by Gasteiger charge is -2.09. The van der Waals surface area contributed by atoms with E-state index in [0.29, 0.717) is 28.1 Å². The molecule has 1 aliphatic rings. The third kappa shape index (κ3) is 2.07. The molecule has 1 saturated carbocycles.